The van der Waals surface area contributed by atoms with E-state index in [2.05, 4.69) is 29.2 Å². The molecule has 6 nitrogen and oxygen atoms in total. The summed E-state index contributed by atoms with van der Waals surface area (Å²) in [6.45, 7) is 4.77. The van der Waals surface area contributed by atoms with E-state index in [4.69, 9.17) is 0 Å². The molecule has 0 radical (unpaired) electrons. The van der Waals surface area contributed by atoms with Gasteiger partial charge in [0.15, 0.2) is 5.70 Å². The minimum atomic E-state index is -1.06. The van der Waals surface area contributed by atoms with Crippen molar-refractivity contribution in [2.45, 2.75) is 42.9 Å². The molecule has 8 heteroatoms. The summed E-state index contributed by atoms with van der Waals surface area (Å²) in [5.41, 5.74) is 1.44. The van der Waals surface area contributed by atoms with Crippen molar-refractivity contribution < 1.29 is 19.8 Å². The molecule has 4 atom stereocenters. The first-order chi connectivity index (χ1) is 14.0. The number of aliphatic carboxylic acids is 1. The average Bonchev–Trinajstić information content (AvgIpc) is 3.30. The van der Waals surface area contributed by atoms with Crippen molar-refractivity contribution in [3.63, 3.8) is 0 Å². The third kappa shape index (κ3) is 4.08. The van der Waals surface area contributed by atoms with Gasteiger partial charge in [0.05, 0.1) is 16.3 Å². The molecule has 2 saturated heterocycles. The van der Waals surface area contributed by atoms with Crippen LogP contribution in [-0.4, -0.2) is 68.3 Å². The van der Waals surface area contributed by atoms with Crippen LogP contribution in [0.3, 0.4) is 0 Å². The molecule has 156 valence electrons. The lowest BCUT2D eigenvalue weighted by Crippen LogP contribution is -2.61. The minimum absolute atomic E-state index is 0.109. The summed E-state index contributed by atoms with van der Waals surface area (Å²) in [5.74, 6) is -1.82. The van der Waals surface area contributed by atoms with E-state index in [1.54, 1.807) is 11.8 Å². The van der Waals surface area contributed by atoms with E-state index in [0.717, 1.165) is 36.7 Å². The highest BCUT2D eigenvalue weighted by molar-refractivity contribution is 8.23. The topological polar surface area (TPSA) is 81.1 Å². The molecule has 0 bridgehead atoms. The van der Waals surface area contributed by atoms with Gasteiger partial charge in [-0.2, -0.15) is 0 Å². The van der Waals surface area contributed by atoms with Gasteiger partial charge in [-0.3, -0.25) is 9.69 Å². The van der Waals surface area contributed by atoms with Crippen LogP contribution in [0.2, 0.25) is 0 Å². The van der Waals surface area contributed by atoms with E-state index in [1.165, 1.54) is 22.2 Å². The molecule has 3 aliphatic heterocycles. The predicted molar refractivity (Wildman–Crippen MR) is 115 cm³/mol. The van der Waals surface area contributed by atoms with Crippen LogP contribution < -0.4 is 0 Å². The molecule has 4 rings (SSSR count). The molecule has 0 spiro atoms. The van der Waals surface area contributed by atoms with Crippen LogP contribution in [0, 0.1) is 5.92 Å². The SMILES string of the molecule is CC[C@H](O)[C@@H]1C(=O)N2C(C(=O)O)=C(SC3CCN(CCc4ccccc4)C3)S[C@H]12. The quantitative estimate of drug-likeness (QED) is 0.609. The third-order valence-electron chi connectivity index (χ3n) is 5.84. The molecule has 1 aromatic carbocycles. The van der Waals surface area contributed by atoms with Crippen molar-refractivity contribution in [2.24, 2.45) is 5.92 Å². The van der Waals surface area contributed by atoms with Crippen LogP contribution in [0.25, 0.3) is 0 Å². The molecule has 0 saturated carbocycles. The number of fused-ring (bicyclic) bond motifs is 1. The molecule has 29 heavy (non-hydrogen) atoms. The second-order valence-electron chi connectivity index (χ2n) is 7.72. The fourth-order valence-corrected chi connectivity index (χ4v) is 7.49. The van der Waals surface area contributed by atoms with Gasteiger partial charge in [0.25, 0.3) is 0 Å². The summed E-state index contributed by atoms with van der Waals surface area (Å²) < 4.78 is 0.719. The lowest BCUT2D eigenvalue weighted by atomic mass is 9.90. The fraction of sp³-hybridized carbons (Fsp3) is 0.524. The Bertz CT molecular complexity index is 816. The van der Waals surface area contributed by atoms with Crippen molar-refractivity contribution >= 4 is 35.4 Å². The van der Waals surface area contributed by atoms with Gasteiger partial charge in [0.2, 0.25) is 5.91 Å². The van der Waals surface area contributed by atoms with Gasteiger partial charge in [-0.15, -0.1) is 11.8 Å². The van der Waals surface area contributed by atoms with Gasteiger partial charge in [0, 0.05) is 18.3 Å². The number of likely N-dealkylation sites (tertiary alicyclic amines) is 1. The highest BCUT2D eigenvalue weighted by Crippen LogP contribution is 2.55. The van der Waals surface area contributed by atoms with Crippen molar-refractivity contribution in [1.82, 2.24) is 9.80 Å². The maximum atomic E-state index is 12.5. The first kappa shape index (κ1) is 20.8. The normalized spacial score (nSPS) is 27.9. The molecule has 3 aliphatic rings. The van der Waals surface area contributed by atoms with Crippen LogP contribution >= 0.6 is 23.5 Å². The Morgan fingerprint density at radius 2 is 2.10 bits per heavy atom. The number of β-lactam (4-membered cyclic amide) rings is 1. The Morgan fingerprint density at radius 1 is 1.34 bits per heavy atom. The number of carbonyl (C=O) groups excluding carboxylic acids is 1. The molecular weight excluding hydrogens is 408 g/mol. The number of thioether (sulfide) groups is 2. The summed E-state index contributed by atoms with van der Waals surface area (Å²) in [5, 5.41) is 19.9. The van der Waals surface area contributed by atoms with Crippen molar-refractivity contribution in [3.05, 3.63) is 45.8 Å². The molecule has 1 amide bonds. The molecule has 3 heterocycles. The number of rotatable bonds is 8. The molecule has 2 fully saturated rings. The van der Waals surface area contributed by atoms with Crippen LogP contribution in [0.1, 0.15) is 25.3 Å². The van der Waals surface area contributed by atoms with Gasteiger partial charge in [-0.25, -0.2) is 4.79 Å². The molecule has 0 aliphatic carbocycles. The number of benzene rings is 1. The number of carboxylic acid groups (broad SMARTS) is 1. The summed E-state index contributed by atoms with van der Waals surface area (Å²) >= 11 is 3.03. The average molecular weight is 435 g/mol. The van der Waals surface area contributed by atoms with Crippen LogP contribution in [0.4, 0.5) is 0 Å². The lowest BCUT2D eigenvalue weighted by Gasteiger charge is -2.44. The molecule has 0 aromatic heterocycles. The van der Waals surface area contributed by atoms with E-state index in [-0.39, 0.29) is 17.0 Å². The number of amides is 1. The zero-order chi connectivity index (χ0) is 20.5. The second-order valence-corrected chi connectivity index (χ2v) is 10.4. The molecule has 2 N–H and O–H groups in total. The fourth-order valence-electron chi connectivity index (χ4n) is 4.18. The van der Waals surface area contributed by atoms with E-state index in [1.807, 2.05) is 13.0 Å². The maximum absolute atomic E-state index is 12.5. The Labute approximate surface area is 179 Å². The summed E-state index contributed by atoms with van der Waals surface area (Å²) in [4.78, 5) is 28.1. The van der Waals surface area contributed by atoms with Gasteiger partial charge in [0.1, 0.15) is 5.37 Å². The van der Waals surface area contributed by atoms with Crippen LogP contribution in [0.5, 0.6) is 0 Å². The van der Waals surface area contributed by atoms with Crippen LogP contribution in [-0.2, 0) is 16.0 Å². The van der Waals surface area contributed by atoms with E-state index in [0.29, 0.717) is 11.7 Å². The van der Waals surface area contributed by atoms with Gasteiger partial charge < -0.3 is 15.1 Å². The second kappa shape index (κ2) is 8.71. The smallest absolute Gasteiger partial charge is 0.354 e. The van der Waals surface area contributed by atoms with Crippen molar-refractivity contribution in [2.75, 3.05) is 19.6 Å². The zero-order valence-corrected chi connectivity index (χ0v) is 18.0. The first-order valence-corrected chi connectivity index (χ1v) is 11.8. The summed E-state index contributed by atoms with van der Waals surface area (Å²) in [6.07, 6.45) is 1.80. The Kier molecular flexibility index (Phi) is 6.24. The highest BCUT2D eigenvalue weighted by Gasteiger charge is 2.58. The number of carbonyl (C=O) groups is 2. The number of hydrogen-bond acceptors (Lipinski definition) is 6. The third-order valence-corrected chi connectivity index (χ3v) is 8.70. The lowest BCUT2D eigenvalue weighted by molar-refractivity contribution is -0.157. The summed E-state index contributed by atoms with van der Waals surface area (Å²) in [7, 11) is 0. The number of hydrogen-bond donors (Lipinski definition) is 2. The number of nitrogens with zero attached hydrogens (tertiary/aromatic N) is 2. The number of aliphatic hydroxyl groups excluding tert-OH is 1. The zero-order valence-electron chi connectivity index (χ0n) is 16.4. The predicted octanol–water partition coefficient (Wildman–Crippen LogP) is 2.59. The standard InChI is InChI=1S/C21H26N2O4S2/c1-2-15(24)16-18(25)23-17(20(26)27)21(29-19(16)23)28-14-9-11-22(12-14)10-8-13-6-4-3-5-7-13/h3-7,14-16,19,24H,2,8-12H2,1H3,(H,26,27)/t14?,15-,16+,19+/m0/s1. The Balaban J connectivity index is 1.36. The van der Waals surface area contributed by atoms with Crippen molar-refractivity contribution in [3.8, 4) is 0 Å². The monoisotopic (exact) mass is 434 g/mol. The maximum Gasteiger partial charge on any atom is 0.354 e. The van der Waals surface area contributed by atoms with E-state index in [9.17, 15) is 19.8 Å². The summed E-state index contributed by atoms with van der Waals surface area (Å²) in [6, 6.07) is 10.4. The highest BCUT2D eigenvalue weighted by atomic mass is 32.2. The van der Waals surface area contributed by atoms with E-state index >= 15 is 0 Å². The Morgan fingerprint density at radius 3 is 2.79 bits per heavy atom. The molecule has 1 aromatic rings. The Hall–Kier alpha value is -1.48. The van der Waals surface area contributed by atoms with Gasteiger partial charge in [-0.05, 0) is 31.4 Å². The first-order valence-electron chi connectivity index (χ1n) is 10.1. The van der Waals surface area contributed by atoms with E-state index < -0.39 is 18.0 Å². The van der Waals surface area contributed by atoms with Gasteiger partial charge in [-0.1, -0.05) is 49.0 Å². The minimum Gasteiger partial charge on any atom is -0.477 e. The number of aliphatic hydroxyl groups is 1. The molecular formula is C21H26N2O4S2. The number of carboxylic acids is 1. The van der Waals surface area contributed by atoms with Gasteiger partial charge >= 0.3 is 5.97 Å². The largest absolute Gasteiger partial charge is 0.477 e. The van der Waals surface area contributed by atoms with Crippen molar-refractivity contribution in [1.29, 1.82) is 0 Å². The van der Waals surface area contributed by atoms with Crippen LogP contribution in [0.15, 0.2) is 40.3 Å². The molecule has 1 unspecified atom stereocenters.